The molecule has 1 saturated heterocycles. The minimum Gasteiger partial charge on any atom is -0.339 e. The second-order valence-corrected chi connectivity index (χ2v) is 6.39. The molecule has 0 spiro atoms. The maximum Gasteiger partial charge on any atom is 0.253 e. The second kappa shape index (κ2) is 7.32. The summed E-state index contributed by atoms with van der Waals surface area (Å²) in [5, 5.41) is 2.87. The molecule has 6 heteroatoms. The Morgan fingerprint density at radius 2 is 1.57 bits per heavy atom. The number of benzene rings is 1. The van der Waals surface area contributed by atoms with Crippen molar-refractivity contribution in [3.63, 3.8) is 0 Å². The molecule has 2 aliphatic rings. The van der Waals surface area contributed by atoms with Crippen LogP contribution in [0, 0.1) is 0 Å². The molecule has 23 heavy (non-hydrogen) atoms. The Morgan fingerprint density at radius 3 is 2.13 bits per heavy atom. The van der Waals surface area contributed by atoms with Crippen LogP contribution in [0.2, 0.25) is 0 Å². The number of amides is 2. The highest BCUT2D eigenvalue weighted by molar-refractivity contribution is 5.99. The minimum absolute atomic E-state index is 0. The average molecular weight is 338 g/mol. The summed E-state index contributed by atoms with van der Waals surface area (Å²) < 4.78 is 0. The number of nitrogens with zero attached hydrogens (tertiary/aromatic N) is 1. The molecule has 0 aromatic heterocycles. The van der Waals surface area contributed by atoms with Crippen molar-refractivity contribution in [1.82, 2.24) is 4.90 Å². The fourth-order valence-corrected chi connectivity index (χ4v) is 3.29. The Bertz CT molecular complexity index is 562. The number of hydrogen-bond donors (Lipinski definition) is 2. The number of carbonyl (C=O) groups excluding carboxylic acids is 2. The molecule has 1 aromatic rings. The zero-order valence-corrected chi connectivity index (χ0v) is 14.0. The SMILES string of the molecule is Cl.NC1(C(=O)Nc2ccc(C(=O)N3CCCC3)cc2)CCCC1. The highest BCUT2D eigenvalue weighted by Gasteiger charge is 2.36. The van der Waals surface area contributed by atoms with Crippen LogP contribution in [0.5, 0.6) is 0 Å². The van der Waals surface area contributed by atoms with E-state index in [0.29, 0.717) is 11.3 Å². The molecule has 5 nitrogen and oxygen atoms in total. The Hall–Kier alpha value is -1.59. The molecule has 1 aliphatic heterocycles. The summed E-state index contributed by atoms with van der Waals surface area (Å²) in [5.74, 6) is -0.0508. The van der Waals surface area contributed by atoms with Gasteiger partial charge in [-0.1, -0.05) is 12.8 Å². The summed E-state index contributed by atoms with van der Waals surface area (Å²) in [6, 6.07) is 7.10. The third-order valence-electron chi connectivity index (χ3n) is 4.73. The van der Waals surface area contributed by atoms with Crippen molar-refractivity contribution in [2.45, 2.75) is 44.1 Å². The predicted octanol–water partition coefficient (Wildman–Crippen LogP) is 2.55. The molecule has 0 radical (unpaired) electrons. The highest BCUT2D eigenvalue weighted by atomic mass is 35.5. The second-order valence-electron chi connectivity index (χ2n) is 6.39. The van der Waals surface area contributed by atoms with E-state index in [1.165, 1.54) is 0 Å². The molecule has 2 fully saturated rings. The van der Waals surface area contributed by atoms with E-state index in [4.69, 9.17) is 5.73 Å². The molecule has 3 rings (SSSR count). The summed E-state index contributed by atoms with van der Waals surface area (Å²) >= 11 is 0. The van der Waals surface area contributed by atoms with Crippen LogP contribution in [-0.4, -0.2) is 35.3 Å². The normalized spacial score (nSPS) is 19.3. The molecule has 126 valence electrons. The summed E-state index contributed by atoms with van der Waals surface area (Å²) in [4.78, 5) is 26.4. The number of anilines is 1. The van der Waals surface area contributed by atoms with Crippen molar-refractivity contribution in [1.29, 1.82) is 0 Å². The van der Waals surface area contributed by atoms with E-state index in [2.05, 4.69) is 5.32 Å². The van der Waals surface area contributed by atoms with Crippen molar-refractivity contribution in [2.75, 3.05) is 18.4 Å². The Kier molecular flexibility index (Phi) is 5.65. The first kappa shape index (κ1) is 17.8. The third kappa shape index (κ3) is 3.85. The largest absolute Gasteiger partial charge is 0.339 e. The molecule has 2 amide bonds. The van der Waals surface area contributed by atoms with Crippen LogP contribution in [0.25, 0.3) is 0 Å². The minimum atomic E-state index is -0.732. The van der Waals surface area contributed by atoms with Crippen LogP contribution in [0.4, 0.5) is 5.69 Å². The third-order valence-corrected chi connectivity index (χ3v) is 4.73. The van der Waals surface area contributed by atoms with E-state index < -0.39 is 5.54 Å². The molecule has 1 aliphatic carbocycles. The van der Waals surface area contributed by atoms with Gasteiger partial charge in [0.05, 0.1) is 5.54 Å². The van der Waals surface area contributed by atoms with E-state index in [0.717, 1.165) is 51.6 Å². The van der Waals surface area contributed by atoms with Gasteiger partial charge < -0.3 is 16.0 Å². The zero-order chi connectivity index (χ0) is 15.6. The Labute approximate surface area is 143 Å². The van der Waals surface area contributed by atoms with Gasteiger partial charge in [-0.05, 0) is 49.9 Å². The van der Waals surface area contributed by atoms with Gasteiger partial charge in [-0.15, -0.1) is 12.4 Å². The molecule has 1 saturated carbocycles. The first-order chi connectivity index (χ1) is 10.6. The summed E-state index contributed by atoms with van der Waals surface area (Å²) in [6.45, 7) is 1.68. The number of rotatable bonds is 3. The number of halogens is 1. The molecule has 1 heterocycles. The average Bonchev–Trinajstić information content (AvgIpc) is 3.19. The van der Waals surface area contributed by atoms with Crippen molar-refractivity contribution in [2.24, 2.45) is 5.73 Å². The fourth-order valence-electron chi connectivity index (χ4n) is 3.29. The van der Waals surface area contributed by atoms with Gasteiger partial charge in [0.2, 0.25) is 5.91 Å². The van der Waals surface area contributed by atoms with Gasteiger partial charge in [0.25, 0.3) is 5.91 Å². The van der Waals surface area contributed by atoms with Crippen molar-refractivity contribution < 1.29 is 9.59 Å². The molecule has 0 unspecified atom stereocenters. The van der Waals surface area contributed by atoms with Gasteiger partial charge in [-0.3, -0.25) is 9.59 Å². The van der Waals surface area contributed by atoms with E-state index >= 15 is 0 Å². The standard InChI is InChI=1S/C17H23N3O2.ClH/c18-17(9-1-2-10-17)16(22)19-14-7-5-13(6-8-14)15(21)20-11-3-4-12-20;/h5-8H,1-4,9-12,18H2,(H,19,22);1H. The molecule has 0 atom stereocenters. The predicted molar refractivity (Wildman–Crippen MR) is 92.8 cm³/mol. The van der Waals surface area contributed by atoms with Gasteiger partial charge in [0.1, 0.15) is 0 Å². The molecule has 3 N–H and O–H groups in total. The summed E-state index contributed by atoms with van der Waals surface area (Å²) in [7, 11) is 0. The van der Waals surface area contributed by atoms with Crippen LogP contribution in [-0.2, 0) is 4.79 Å². The van der Waals surface area contributed by atoms with Gasteiger partial charge >= 0.3 is 0 Å². The van der Waals surface area contributed by atoms with Gasteiger partial charge in [0.15, 0.2) is 0 Å². The highest BCUT2D eigenvalue weighted by Crippen LogP contribution is 2.28. The lowest BCUT2D eigenvalue weighted by Gasteiger charge is -2.22. The lowest BCUT2D eigenvalue weighted by atomic mass is 9.98. The lowest BCUT2D eigenvalue weighted by molar-refractivity contribution is -0.121. The smallest absolute Gasteiger partial charge is 0.253 e. The van der Waals surface area contributed by atoms with Crippen LogP contribution in [0.1, 0.15) is 48.9 Å². The Morgan fingerprint density at radius 1 is 1.00 bits per heavy atom. The fraction of sp³-hybridized carbons (Fsp3) is 0.529. The van der Waals surface area contributed by atoms with Crippen molar-refractivity contribution >= 4 is 29.9 Å². The van der Waals surface area contributed by atoms with E-state index in [1.54, 1.807) is 24.3 Å². The van der Waals surface area contributed by atoms with E-state index in [9.17, 15) is 9.59 Å². The molecule has 0 bridgehead atoms. The summed E-state index contributed by atoms with van der Waals surface area (Å²) in [5.41, 5.74) is 6.77. The number of nitrogens with two attached hydrogens (primary N) is 1. The summed E-state index contributed by atoms with van der Waals surface area (Å²) in [6.07, 6.45) is 5.66. The van der Waals surface area contributed by atoms with Crippen LogP contribution < -0.4 is 11.1 Å². The number of hydrogen-bond acceptors (Lipinski definition) is 3. The number of carbonyl (C=O) groups is 2. The Balaban J connectivity index is 0.00000192. The zero-order valence-electron chi connectivity index (χ0n) is 13.2. The molecule has 1 aromatic carbocycles. The van der Waals surface area contributed by atoms with Crippen molar-refractivity contribution in [3.8, 4) is 0 Å². The van der Waals surface area contributed by atoms with Crippen LogP contribution >= 0.6 is 12.4 Å². The maximum absolute atomic E-state index is 12.3. The topological polar surface area (TPSA) is 75.4 Å². The van der Waals surface area contributed by atoms with Crippen LogP contribution in [0.3, 0.4) is 0 Å². The van der Waals surface area contributed by atoms with E-state index in [-0.39, 0.29) is 24.2 Å². The molecular formula is C17H24ClN3O2. The van der Waals surface area contributed by atoms with Gasteiger partial charge in [0, 0.05) is 24.3 Å². The quantitative estimate of drug-likeness (QED) is 0.890. The van der Waals surface area contributed by atoms with Crippen LogP contribution in [0.15, 0.2) is 24.3 Å². The maximum atomic E-state index is 12.3. The number of likely N-dealkylation sites (tertiary alicyclic amines) is 1. The number of nitrogens with one attached hydrogen (secondary N) is 1. The van der Waals surface area contributed by atoms with Gasteiger partial charge in [-0.2, -0.15) is 0 Å². The van der Waals surface area contributed by atoms with Crippen molar-refractivity contribution in [3.05, 3.63) is 29.8 Å². The monoisotopic (exact) mass is 337 g/mol. The lowest BCUT2D eigenvalue weighted by Crippen LogP contribution is -2.48. The molecular weight excluding hydrogens is 314 g/mol. The van der Waals surface area contributed by atoms with E-state index in [1.807, 2.05) is 4.90 Å². The first-order valence-electron chi connectivity index (χ1n) is 8.08. The first-order valence-corrected chi connectivity index (χ1v) is 8.08. The van der Waals surface area contributed by atoms with Gasteiger partial charge in [-0.25, -0.2) is 0 Å².